The molecule has 0 unspecified atom stereocenters. The number of amides is 1. The van der Waals surface area contributed by atoms with Crippen molar-refractivity contribution in [2.24, 2.45) is 5.92 Å². The van der Waals surface area contributed by atoms with Gasteiger partial charge in [-0.2, -0.15) is 0 Å². The van der Waals surface area contributed by atoms with Gasteiger partial charge in [0.2, 0.25) is 5.91 Å². The van der Waals surface area contributed by atoms with Crippen molar-refractivity contribution in [1.82, 2.24) is 10.2 Å². The summed E-state index contributed by atoms with van der Waals surface area (Å²) in [6.07, 6.45) is 1.88. The zero-order valence-corrected chi connectivity index (χ0v) is 9.70. The van der Waals surface area contributed by atoms with Gasteiger partial charge < -0.3 is 15.3 Å². The number of nitrogens with zero attached hydrogens (tertiary/aromatic N) is 1. The summed E-state index contributed by atoms with van der Waals surface area (Å²) < 4.78 is 0. The van der Waals surface area contributed by atoms with Crippen molar-refractivity contribution in [2.45, 2.75) is 32.7 Å². The van der Waals surface area contributed by atoms with E-state index in [9.17, 15) is 4.79 Å². The van der Waals surface area contributed by atoms with Crippen molar-refractivity contribution in [1.29, 1.82) is 0 Å². The van der Waals surface area contributed by atoms with Gasteiger partial charge in [0.05, 0.1) is 6.61 Å². The molecule has 0 atom stereocenters. The SMILES string of the molecule is CC(C)N1CCC(C(=O)NCCO)CC1. The second-order valence-corrected chi connectivity index (χ2v) is 4.42. The van der Waals surface area contributed by atoms with E-state index in [1.54, 1.807) is 0 Å². The molecular weight excluding hydrogens is 192 g/mol. The summed E-state index contributed by atoms with van der Waals surface area (Å²) in [5, 5.41) is 11.3. The van der Waals surface area contributed by atoms with Gasteiger partial charge in [-0.25, -0.2) is 0 Å². The first-order valence-electron chi connectivity index (χ1n) is 5.77. The summed E-state index contributed by atoms with van der Waals surface area (Å²) in [6.45, 7) is 6.79. The summed E-state index contributed by atoms with van der Waals surface area (Å²) in [7, 11) is 0. The molecule has 0 spiro atoms. The predicted molar refractivity (Wildman–Crippen MR) is 59.5 cm³/mol. The zero-order chi connectivity index (χ0) is 11.3. The lowest BCUT2D eigenvalue weighted by atomic mass is 9.95. The number of likely N-dealkylation sites (tertiary alicyclic amines) is 1. The molecule has 1 saturated heterocycles. The summed E-state index contributed by atoms with van der Waals surface area (Å²) in [5.74, 6) is 0.249. The van der Waals surface area contributed by atoms with Crippen LogP contribution in [-0.2, 0) is 4.79 Å². The van der Waals surface area contributed by atoms with E-state index in [0.29, 0.717) is 12.6 Å². The second kappa shape index (κ2) is 6.08. The Bertz CT molecular complexity index is 199. The van der Waals surface area contributed by atoms with Crippen molar-refractivity contribution in [3.63, 3.8) is 0 Å². The van der Waals surface area contributed by atoms with Gasteiger partial charge in [0.25, 0.3) is 0 Å². The highest BCUT2D eigenvalue weighted by Crippen LogP contribution is 2.18. The van der Waals surface area contributed by atoms with Gasteiger partial charge >= 0.3 is 0 Å². The minimum Gasteiger partial charge on any atom is -0.395 e. The molecule has 1 aliphatic heterocycles. The van der Waals surface area contributed by atoms with E-state index in [0.717, 1.165) is 25.9 Å². The molecule has 0 bridgehead atoms. The molecule has 0 saturated carbocycles. The Morgan fingerprint density at radius 2 is 2.07 bits per heavy atom. The average molecular weight is 214 g/mol. The normalized spacial score (nSPS) is 19.5. The molecule has 1 heterocycles. The fourth-order valence-electron chi connectivity index (χ4n) is 2.00. The van der Waals surface area contributed by atoms with E-state index in [1.807, 2.05) is 0 Å². The molecule has 0 radical (unpaired) electrons. The molecule has 0 aromatic carbocycles. The Kier molecular flexibility index (Phi) is 5.05. The van der Waals surface area contributed by atoms with Crippen LogP contribution in [0.5, 0.6) is 0 Å². The highest BCUT2D eigenvalue weighted by molar-refractivity contribution is 5.78. The largest absolute Gasteiger partial charge is 0.395 e. The maximum absolute atomic E-state index is 11.6. The Balaban J connectivity index is 2.27. The van der Waals surface area contributed by atoms with Crippen LogP contribution in [0.3, 0.4) is 0 Å². The van der Waals surface area contributed by atoms with E-state index >= 15 is 0 Å². The number of aliphatic hydroxyl groups excluding tert-OH is 1. The summed E-state index contributed by atoms with van der Waals surface area (Å²) >= 11 is 0. The molecular formula is C11H22N2O2. The maximum atomic E-state index is 11.6. The lowest BCUT2D eigenvalue weighted by Crippen LogP contribution is -2.43. The Morgan fingerprint density at radius 1 is 1.47 bits per heavy atom. The lowest BCUT2D eigenvalue weighted by Gasteiger charge is -2.33. The van der Waals surface area contributed by atoms with E-state index in [1.165, 1.54) is 0 Å². The fraction of sp³-hybridized carbons (Fsp3) is 0.909. The molecule has 1 aliphatic rings. The van der Waals surface area contributed by atoms with Gasteiger partial charge in [0.1, 0.15) is 0 Å². The van der Waals surface area contributed by atoms with Crippen molar-refractivity contribution in [2.75, 3.05) is 26.2 Å². The third kappa shape index (κ3) is 3.80. The Labute approximate surface area is 91.6 Å². The van der Waals surface area contributed by atoms with Crippen LogP contribution in [0.1, 0.15) is 26.7 Å². The number of carbonyl (C=O) groups excluding carboxylic acids is 1. The maximum Gasteiger partial charge on any atom is 0.223 e. The number of rotatable bonds is 4. The monoisotopic (exact) mass is 214 g/mol. The first-order valence-corrected chi connectivity index (χ1v) is 5.77. The summed E-state index contributed by atoms with van der Waals surface area (Å²) in [5.41, 5.74) is 0. The van der Waals surface area contributed by atoms with Crippen LogP contribution in [0.2, 0.25) is 0 Å². The van der Waals surface area contributed by atoms with Gasteiger partial charge in [0, 0.05) is 18.5 Å². The first-order chi connectivity index (χ1) is 7.15. The highest BCUT2D eigenvalue weighted by atomic mass is 16.3. The molecule has 2 N–H and O–H groups in total. The summed E-state index contributed by atoms with van der Waals surface area (Å²) in [6, 6.07) is 0.575. The van der Waals surface area contributed by atoms with Crippen LogP contribution in [0.15, 0.2) is 0 Å². The van der Waals surface area contributed by atoms with Crippen LogP contribution >= 0.6 is 0 Å². The molecule has 4 heteroatoms. The number of carbonyl (C=O) groups is 1. The number of hydrogen-bond acceptors (Lipinski definition) is 3. The van der Waals surface area contributed by atoms with E-state index in [2.05, 4.69) is 24.1 Å². The highest BCUT2D eigenvalue weighted by Gasteiger charge is 2.25. The van der Waals surface area contributed by atoms with E-state index < -0.39 is 0 Å². The minimum absolute atomic E-state index is 0.0244. The minimum atomic E-state index is 0.0244. The number of nitrogens with one attached hydrogen (secondary N) is 1. The van der Waals surface area contributed by atoms with Crippen LogP contribution < -0.4 is 5.32 Å². The number of hydrogen-bond donors (Lipinski definition) is 2. The third-order valence-corrected chi connectivity index (χ3v) is 3.04. The zero-order valence-electron chi connectivity index (χ0n) is 9.70. The molecule has 1 rings (SSSR count). The summed E-state index contributed by atoms with van der Waals surface area (Å²) in [4.78, 5) is 14.0. The Morgan fingerprint density at radius 3 is 2.53 bits per heavy atom. The van der Waals surface area contributed by atoms with Crippen LogP contribution in [0, 0.1) is 5.92 Å². The first kappa shape index (κ1) is 12.5. The van der Waals surface area contributed by atoms with Gasteiger partial charge in [0.15, 0.2) is 0 Å². The molecule has 15 heavy (non-hydrogen) atoms. The van der Waals surface area contributed by atoms with E-state index in [-0.39, 0.29) is 18.4 Å². The molecule has 0 aromatic heterocycles. The number of aliphatic hydroxyl groups is 1. The molecule has 1 fully saturated rings. The van der Waals surface area contributed by atoms with Crippen LogP contribution in [0.4, 0.5) is 0 Å². The fourth-order valence-corrected chi connectivity index (χ4v) is 2.00. The van der Waals surface area contributed by atoms with Crippen molar-refractivity contribution >= 4 is 5.91 Å². The smallest absolute Gasteiger partial charge is 0.223 e. The van der Waals surface area contributed by atoms with Gasteiger partial charge in [-0.15, -0.1) is 0 Å². The van der Waals surface area contributed by atoms with E-state index in [4.69, 9.17) is 5.11 Å². The van der Waals surface area contributed by atoms with Crippen molar-refractivity contribution in [3.8, 4) is 0 Å². The molecule has 0 aromatic rings. The topological polar surface area (TPSA) is 52.6 Å². The van der Waals surface area contributed by atoms with Crippen molar-refractivity contribution in [3.05, 3.63) is 0 Å². The predicted octanol–water partition coefficient (Wildman–Crippen LogP) is 0.215. The second-order valence-electron chi connectivity index (χ2n) is 4.42. The van der Waals surface area contributed by atoms with Crippen LogP contribution in [0.25, 0.3) is 0 Å². The lowest BCUT2D eigenvalue weighted by molar-refractivity contribution is -0.126. The van der Waals surface area contributed by atoms with Gasteiger partial charge in [-0.05, 0) is 39.8 Å². The molecule has 1 amide bonds. The van der Waals surface area contributed by atoms with Gasteiger partial charge in [-0.1, -0.05) is 0 Å². The molecule has 4 nitrogen and oxygen atoms in total. The standard InChI is InChI=1S/C11H22N2O2/c1-9(2)13-6-3-10(4-7-13)11(15)12-5-8-14/h9-10,14H,3-8H2,1-2H3,(H,12,15). The third-order valence-electron chi connectivity index (χ3n) is 3.04. The number of piperidine rings is 1. The van der Waals surface area contributed by atoms with Crippen molar-refractivity contribution < 1.29 is 9.90 Å². The molecule has 88 valence electrons. The van der Waals surface area contributed by atoms with Gasteiger partial charge in [-0.3, -0.25) is 4.79 Å². The van der Waals surface area contributed by atoms with Crippen LogP contribution in [-0.4, -0.2) is 48.2 Å². The quantitative estimate of drug-likeness (QED) is 0.703. The average Bonchev–Trinajstić information content (AvgIpc) is 2.26. The Hall–Kier alpha value is -0.610. The molecule has 0 aliphatic carbocycles.